The number of benzene rings is 2. The topological polar surface area (TPSA) is 94.0 Å². The Balaban J connectivity index is 1.44. The van der Waals surface area contributed by atoms with E-state index in [2.05, 4.69) is 30.6 Å². The van der Waals surface area contributed by atoms with Crippen LogP contribution in [0.25, 0.3) is 27.8 Å². The Kier molecular flexibility index (Phi) is 3.79. The third-order valence-electron chi connectivity index (χ3n) is 4.46. The van der Waals surface area contributed by atoms with E-state index in [0.29, 0.717) is 11.4 Å². The molecule has 3 aromatic heterocycles. The monoisotopic (exact) mass is 369 g/mol. The summed E-state index contributed by atoms with van der Waals surface area (Å²) >= 11 is 0. The van der Waals surface area contributed by atoms with Gasteiger partial charge in [-0.2, -0.15) is 10.2 Å². The largest absolute Gasteiger partial charge is 0.450 e. The highest BCUT2D eigenvalue weighted by atomic mass is 16.3. The molecule has 2 aromatic carbocycles. The van der Waals surface area contributed by atoms with Gasteiger partial charge in [-0.05, 0) is 36.8 Å². The Labute approximate surface area is 159 Å². The van der Waals surface area contributed by atoms with E-state index in [4.69, 9.17) is 4.42 Å². The van der Waals surface area contributed by atoms with Crippen LogP contribution in [0, 0.1) is 0 Å². The molecule has 0 unspecified atom stereocenters. The van der Waals surface area contributed by atoms with Gasteiger partial charge in [0.1, 0.15) is 30.1 Å². The van der Waals surface area contributed by atoms with Crippen LogP contribution in [-0.2, 0) is 0 Å². The molecule has 28 heavy (non-hydrogen) atoms. The average molecular weight is 369 g/mol. The van der Waals surface area contributed by atoms with Gasteiger partial charge in [0.25, 0.3) is 0 Å². The lowest BCUT2D eigenvalue weighted by atomic mass is 10.1. The fraction of sp³-hybridized carbons (Fsp3) is 0.0500. The van der Waals surface area contributed by atoms with Crippen LogP contribution in [0.5, 0.6) is 0 Å². The SMILES string of the molecule is C/C(=N/Nc1ncnc2c1oc1ccccc12)c1ccc(-n2cncn2)cc1. The number of nitrogens with zero attached hydrogens (tertiary/aromatic N) is 6. The smallest absolute Gasteiger partial charge is 0.197 e. The molecule has 136 valence electrons. The van der Waals surface area contributed by atoms with Gasteiger partial charge in [0.2, 0.25) is 0 Å². The number of hydrogen-bond acceptors (Lipinski definition) is 7. The van der Waals surface area contributed by atoms with E-state index in [1.54, 1.807) is 11.0 Å². The molecule has 0 spiro atoms. The molecule has 3 heterocycles. The zero-order chi connectivity index (χ0) is 18.9. The molecule has 0 saturated carbocycles. The third-order valence-corrected chi connectivity index (χ3v) is 4.46. The van der Waals surface area contributed by atoms with Crippen molar-refractivity contribution in [2.24, 2.45) is 5.10 Å². The molecule has 0 bridgehead atoms. The summed E-state index contributed by atoms with van der Waals surface area (Å²) in [5.41, 5.74) is 7.84. The first kappa shape index (κ1) is 16.1. The van der Waals surface area contributed by atoms with Crippen molar-refractivity contribution >= 4 is 33.6 Å². The van der Waals surface area contributed by atoms with Crippen molar-refractivity contribution in [1.82, 2.24) is 24.7 Å². The minimum atomic E-state index is 0.528. The lowest BCUT2D eigenvalue weighted by Gasteiger charge is -2.05. The van der Waals surface area contributed by atoms with Crippen LogP contribution in [0.4, 0.5) is 5.82 Å². The fourth-order valence-electron chi connectivity index (χ4n) is 3.00. The van der Waals surface area contributed by atoms with Crippen molar-refractivity contribution in [3.05, 3.63) is 73.1 Å². The first-order valence-electron chi connectivity index (χ1n) is 8.67. The number of hydrogen-bond donors (Lipinski definition) is 1. The maximum absolute atomic E-state index is 5.91. The number of fused-ring (bicyclic) bond motifs is 3. The molecule has 0 aliphatic heterocycles. The molecule has 8 heteroatoms. The van der Waals surface area contributed by atoms with E-state index >= 15 is 0 Å². The van der Waals surface area contributed by atoms with E-state index in [9.17, 15) is 0 Å². The van der Waals surface area contributed by atoms with Crippen molar-refractivity contribution in [3.63, 3.8) is 0 Å². The number of furan rings is 1. The third kappa shape index (κ3) is 2.77. The lowest BCUT2D eigenvalue weighted by molar-refractivity contribution is 0.667. The van der Waals surface area contributed by atoms with Crippen LogP contribution >= 0.6 is 0 Å². The Hall–Kier alpha value is -4.07. The Morgan fingerprint density at radius 3 is 2.71 bits per heavy atom. The zero-order valence-electron chi connectivity index (χ0n) is 14.9. The number of anilines is 1. The van der Waals surface area contributed by atoms with Crippen LogP contribution in [-0.4, -0.2) is 30.4 Å². The Morgan fingerprint density at radius 1 is 1.04 bits per heavy atom. The predicted molar refractivity (Wildman–Crippen MR) is 107 cm³/mol. The summed E-state index contributed by atoms with van der Waals surface area (Å²) in [6.07, 6.45) is 4.67. The van der Waals surface area contributed by atoms with E-state index in [0.717, 1.165) is 33.4 Å². The quantitative estimate of drug-likeness (QED) is 0.383. The minimum absolute atomic E-state index is 0.528. The van der Waals surface area contributed by atoms with Gasteiger partial charge in [0, 0.05) is 5.39 Å². The van der Waals surface area contributed by atoms with Crippen molar-refractivity contribution in [1.29, 1.82) is 0 Å². The summed E-state index contributed by atoms with van der Waals surface area (Å²) in [4.78, 5) is 12.6. The summed E-state index contributed by atoms with van der Waals surface area (Å²) in [6.45, 7) is 1.93. The molecule has 0 atom stereocenters. The summed E-state index contributed by atoms with van der Waals surface area (Å²) in [7, 11) is 0. The van der Waals surface area contributed by atoms with Gasteiger partial charge < -0.3 is 4.42 Å². The molecule has 0 aliphatic rings. The summed E-state index contributed by atoms with van der Waals surface area (Å²) in [5.74, 6) is 0.528. The summed E-state index contributed by atoms with van der Waals surface area (Å²) < 4.78 is 7.61. The highest BCUT2D eigenvalue weighted by Crippen LogP contribution is 2.30. The molecule has 0 fully saturated rings. The van der Waals surface area contributed by atoms with Crippen molar-refractivity contribution in [3.8, 4) is 5.69 Å². The highest BCUT2D eigenvalue weighted by Gasteiger charge is 2.12. The summed E-state index contributed by atoms with van der Waals surface area (Å²) in [6, 6.07) is 15.7. The maximum Gasteiger partial charge on any atom is 0.197 e. The average Bonchev–Trinajstić information content (AvgIpc) is 3.40. The number of aromatic nitrogens is 5. The zero-order valence-corrected chi connectivity index (χ0v) is 14.9. The second kappa shape index (κ2) is 6.58. The molecule has 5 aromatic rings. The summed E-state index contributed by atoms with van der Waals surface area (Å²) in [5, 5.41) is 9.53. The molecule has 1 N–H and O–H groups in total. The Bertz CT molecular complexity index is 1290. The fourth-order valence-corrected chi connectivity index (χ4v) is 3.00. The molecule has 8 nitrogen and oxygen atoms in total. The van der Waals surface area contributed by atoms with E-state index in [1.807, 2.05) is 55.5 Å². The van der Waals surface area contributed by atoms with Gasteiger partial charge in [-0.1, -0.05) is 24.3 Å². The molecule has 5 rings (SSSR count). The number of rotatable bonds is 4. The number of para-hydroxylation sites is 1. The van der Waals surface area contributed by atoms with Crippen LogP contribution in [0.1, 0.15) is 12.5 Å². The second-order valence-corrected chi connectivity index (χ2v) is 6.19. The molecule has 0 radical (unpaired) electrons. The lowest BCUT2D eigenvalue weighted by Crippen LogP contribution is -2.02. The molecule has 0 aliphatic carbocycles. The first-order chi connectivity index (χ1) is 13.8. The predicted octanol–water partition coefficient (Wildman–Crippen LogP) is 3.79. The highest BCUT2D eigenvalue weighted by molar-refractivity contribution is 6.05. The van der Waals surface area contributed by atoms with E-state index < -0.39 is 0 Å². The van der Waals surface area contributed by atoms with Crippen LogP contribution in [0.3, 0.4) is 0 Å². The second-order valence-electron chi connectivity index (χ2n) is 6.19. The Morgan fingerprint density at radius 2 is 1.89 bits per heavy atom. The van der Waals surface area contributed by atoms with E-state index in [-0.39, 0.29) is 0 Å². The standard InChI is InChI=1S/C20H15N7O/c1-13(14-6-8-15(9-7-14)27-12-21-10-24-27)25-26-20-19-18(22-11-23-20)16-4-2-3-5-17(16)28-19/h2-12H,1H3,(H,22,23,26)/b25-13-. The van der Waals surface area contributed by atoms with Gasteiger partial charge in [-0.3, -0.25) is 5.43 Å². The normalized spacial score (nSPS) is 12.0. The maximum atomic E-state index is 5.91. The van der Waals surface area contributed by atoms with Gasteiger partial charge >= 0.3 is 0 Å². The van der Waals surface area contributed by atoms with Crippen molar-refractivity contribution in [2.75, 3.05) is 5.43 Å². The molecular formula is C20H15N7O. The van der Waals surface area contributed by atoms with E-state index in [1.165, 1.54) is 12.7 Å². The van der Waals surface area contributed by atoms with Gasteiger partial charge in [-0.15, -0.1) is 0 Å². The minimum Gasteiger partial charge on any atom is -0.450 e. The van der Waals surface area contributed by atoms with Crippen LogP contribution < -0.4 is 5.43 Å². The molecule has 0 saturated heterocycles. The first-order valence-corrected chi connectivity index (χ1v) is 8.67. The molecule has 0 amide bonds. The van der Waals surface area contributed by atoms with Crippen molar-refractivity contribution in [2.45, 2.75) is 6.92 Å². The van der Waals surface area contributed by atoms with Crippen molar-refractivity contribution < 1.29 is 4.42 Å². The van der Waals surface area contributed by atoms with Gasteiger partial charge in [0.15, 0.2) is 11.4 Å². The van der Waals surface area contributed by atoms with Crippen LogP contribution in [0.2, 0.25) is 0 Å². The van der Waals surface area contributed by atoms with Gasteiger partial charge in [0.05, 0.1) is 11.4 Å². The van der Waals surface area contributed by atoms with Crippen LogP contribution in [0.15, 0.2) is 77.0 Å². The van der Waals surface area contributed by atoms with Gasteiger partial charge in [-0.25, -0.2) is 19.6 Å². The number of nitrogens with one attached hydrogen (secondary N) is 1. The number of hydrazone groups is 1. The molecular weight excluding hydrogens is 354 g/mol.